The predicted molar refractivity (Wildman–Crippen MR) is 98.7 cm³/mol. The zero-order valence-electron chi connectivity index (χ0n) is 14.6. The molecule has 0 spiro atoms. The zero-order chi connectivity index (χ0) is 17.6. The van der Waals surface area contributed by atoms with Gasteiger partial charge in [0, 0.05) is 37.8 Å². The fourth-order valence-electron chi connectivity index (χ4n) is 3.11. The summed E-state index contributed by atoms with van der Waals surface area (Å²) < 4.78 is 5.42. The summed E-state index contributed by atoms with van der Waals surface area (Å²) in [6, 6.07) is 7.61. The van der Waals surface area contributed by atoms with Gasteiger partial charge in [0.25, 0.3) is 0 Å². The lowest BCUT2D eigenvalue weighted by molar-refractivity contribution is -0.140. The minimum atomic E-state index is -0.0592. The molecular formula is C18H25N3O3S. The monoisotopic (exact) mass is 363 g/mol. The highest BCUT2D eigenvalue weighted by atomic mass is 32.2. The Balaban J connectivity index is 1.47. The molecular weight excluding hydrogens is 338 g/mol. The molecule has 2 aliphatic rings. The number of thioether (sulfide) groups is 1. The Morgan fingerprint density at radius 2 is 1.84 bits per heavy atom. The van der Waals surface area contributed by atoms with E-state index in [1.165, 1.54) is 0 Å². The van der Waals surface area contributed by atoms with Crippen LogP contribution in [0.4, 0.5) is 0 Å². The summed E-state index contributed by atoms with van der Waals surface area (Å²) in [5.74, 6) is 2.80. The number of benzene rings is 1. The van der Waals surface area contributed by atoms with E-state index in [4.69, 9.17) is 4.74 Å². The van der Waals surface area contributed by atoms with Crippen LogP contribution in [0.3, 0.4) is 0 Å². The molecule has 1 atom stereocenters. The molecule has 0 aromatic heterocycles. The summed E-state index contributed by atoms with van der Waals surface area (Å²) in [5.41, 5.74) is 0.985. The van der Waals surface area contributed by atoms with E-state index in [0.29, 0.717) is 39.2 Å². The molecule has 2 fully saturated rings. The molecule has 7 heteroatoms. The van der Waals surface area contributed by atoms with Crippen LogP contribution < -0.4 is 10.1 Å². The largest absolute Gasteiger partial charge is 0.494 e. The smallest absolute Gasteiger partial charge is 0.240 e. The van der Waals surface area contributed by atoms with Gasteiger partial charge in [-0.1, -0.05) is 12.1 Å². The second kappa shape index (κ2) is 8.58. The minimum absolute atomic E-state index is 0.0592. The molecule has 0 bridgehead atoms. The first-order valence-electron chi connectivity index (χ1n) is 8.77. The molecule has 3 rings (SSSR count). The van der Waals surface area contributed by atoms with Gasteiger partial charge < -0.3 is 14.5 Å². The fraction of sp³-hybridized carbons (Fsp3) is 0.556. The van der Waals surface area contributed by atoms with Crippen molar-refractivity contribution in [2.75, 3.05) is 44.4 Å². The first-order chi connectivity index (χ1) is 12.2. The SMILES string of the molecule is CCOc1ccc(CC(=O)N2CCN(C(=O)C3CSCN3)CC2)cc1. The topological polar surface area (TPSA) is 61.9 Å². The molecule has 6 nitrogen and oxygen atoms in total. The predicted octanol–water partition coefficient (Wildman–Crippen LogP) is 0.961. The molecule has 0 aliphatic carbocycles. The highest BCUT2D eigenvalue weighted by Crippen LogP contribution is 2.15. The van der Waals surface area contributed by atoms with Crippen molar-refractivity contribution in [3.63, 3.8) is 0 Å². The molecule has 2 amide bonds. The zero-order valence-corrected chi connectivity index (χ0v) is 15.4. The van der Waals surface area contributed by atoms with E-state index < -0.39 is 0 Å². The molecule has 2 heterocycles. The third-order valence-corrected chi connectivity index (χ3v) is 5.49. The molecule has 1 unspecified atom stereocenters. The second-order valence-electron chi connectivity index (χ2n) is 6.23. The maximum absolute atomic E-state index is 12.5. The third kappa shape index (κ3) is 4.67. The molecule has 2 aliphatic heterocycles. The van der Waals surface area contributed by atoms with Crippen LogP contribution >= 0.6 is 11.8 Å². The van der Waals surface area contributed by atoms with Gasteiger partial charge in [-0.25, -0.2) is 0 Å². The summed E-state index contributed by atoms with van der Waals surface area (Å²) in [6.07, 6.45) is 0.390. The van der Waals surface area contributed by atoms with E-state index in [2.05, 4.69) is 5.32 Å². The van der Waals surface area contributed by atoms with Crippen LogP contribution in [0.1, 0.15) is 12.5 Å². The fourth-order valence-corrected chi connectivity index (χ4v) is 4.04. The van der Waals surface area contributed by atoms with E-state index in [1.807, 2.05) is 41.0 Å². The molecule has 1 aromatic carbocycles. The lowest BCUT2D eigenvalue weighted by atomic mass is 10.1. The summed E-state index contributed by atoms with van der Waals surface area (Å²) in [5, 5.41) is 3.21. The van der Waals surface area contributed by atoms with Crippen LogP contribution in [0.5, 0.6) is 5.75 Å². The normalized spacial score (nSPS) is 20.6. The first-order valence-corrected chi connectivity index (χ1v) is 9.92. The van der Waals surface area contributed by atoms with Crippen molar-refractivity contribution in [3.8, 4) is 5.75 Å². The van der Waals surface area contributed by atoms with Gasteiger partial charge in [-0.15, -0.1) is 11.8 Å². The first kappa shape index (κ1) is 18.1. The molecule has 2 saturated heterocycles. The summed E-state index contributed by atoms with van der Waals surface area (Å²) in [7, 11) is 0. The molecule has 1 aromatic rings. The van der Waals surface area contributed by atoms with Crippen molar-refractivity contribution in [2.24, 2.45) is 0 Å². The number of nitrogens with zero attached hydrogens (tertiary/aromatic N) is 2. The average Bonchev–Trinajstić information content (AvgIpc) is 3.18. The van der Waals surface area contributed by atoms with Gasteiger partial charge >= 0.3 is 0 Å². The standard InChI is InChI=1S/C18H25N3O3S/c1-2-24-15-5-3-14(4-6-15)11-17(22)20-7-9-21(10-8-20)18(23)16-12-25-13-19-16/h3-6,16,19H,2,7-13H2,1H3. The summed E-state index contributed by atoms with van der Waals surface area (Å²) in [4.78, 5) is 28.6. The van der Waals surface area contributed by atoms with Gasteiger partial charge in [-0.05, 0) is 24.6 Å². The quantitative estimate of drug-likeness (QED) is 0.844. The number of carbonyl (C=O) groups is 2. The van der Waals surface area contributed by atoms with Crippen molar-refractivity contribution >= 4 is 23.6 Å². The minimum Gasteiger partial charge on any atom is -0.494 e. The van der Waals surface area contributed by atoms with Gasteiger partial charge in [0.15, 0.2) is 0 Å². The molecule has 136 valence electrons. The highest BCUT2D eigenvalue weighted by Gasteiger charge is 2.30. The molecule has 1 N–H and O–H groups in total. The van der Waals surface area contributed by atoms with Crippen LogP contribution in [0.15, 0.2) is 24.3 Å². The van der Waals surface area contributed by atoms with Crippen LogP contribution in [0.2, 0.25) is 0 Å². The molecule has 0 radical (unpaired) electrons. The Morgan fingerprint density at radius 1 is 1.16 bits per heavy atom. The Hall–Kier alpha value is -1.73. The van der Waals surface area contributed by atoms with Crippen molar-refractivity contribution < 1.29 is 14.3 Å². The maximum atomic E-state index is 12.5. The van der Waals surface area contributed by atoms with Gasteiger partial charge in [-0.2, -0.15) is 0 Å². The van der Waals surface area contributed by atoms with Gasteiger partial charge in [-0.3, -0.25) is 14.9 Å². The van der Waals surface area contributed by atoms with E-state index in [0.717, 1.165) is 22.9 Å². The lowest BCUT2D eigenvalue weighted by Gasteiger charge is -2.36. The third-order valence-electron chi connectivity index (χ3n) is 4.55. The Labute approximate surface area is 152 Å². The van der Waals surface area contributed by atoms with Crippen molar-refractivity contribution in [2.45, 2.75) is 19.4 Å². The number of hydrogen-bond acceptors (Lipinski definition) is 5. The van der Waals surface area contributed by atoms with E-state index in [9.17, 15) is 9.59 Å². The van der Waals surface area contributed by atoms with Gasteiger partial charge in [0.1, 0.15) is 5.75 Å². The number of carbonyl (C=O) groups excluding carboxylic acids is 2. The number of nitrogens with one attached hydrogen (secondary N) is 1. The number of ether oxygens (including phenoxy) is 1. The van der Waals surface area contributed by atoms with Crippen LogP contribution in [-0.2, 0) is 16.0 Å². The number of amides is 2. The highest BCUT2D eigenvalue weighted by molar-refractivity contribution is 7.99. The van der Waals surface area contributed by atoms with E-state index in [-0.39, 0.29) is 17.9 Å². The van der Waals surface area contributed by atoms with E-state index >= 15 is 0 Å². The van der Waals surface area contributed by atoms with Crippen molar-refractivity contribution in [1.82, 2.24) is 15.1 Å². The molecule has 0 saturated carbocycles. The Kier molecular flexibility index (Phi) is 6.20. The van der Waals surface area contributed by atoms with Gasteiger partial charge in [0.05, 0.1) is 19.1 Å². The van der Waals surface area contributed by atoms with Gasteiger partial charge in [0.2, 0.25) is 11.8 Å². The van der Waals surface area contributed by atoms with E-state index in [1.54, 1.807) is 11.8 Å². The van der Waals surface area contributed by atoms with Crippen molar-refractivity contribution in [1.29, 1.82) is 0 Å². The number of piperazine rings is 1. The summed E-state index contributed by atoms with van der Waals surface area (Å²) in [6.45, 7) is 5.05. The number of rotatable bonds is 5. The molecule has 25 heavy (non-hydrogen) atoms. The van der Waals surface area contributed by atoms with Crippen LogP contribution in [0.25, 0.3) is 0 Å². The van der Waals surface area contributed by atoms with Crippen LogP contribution in [0, 0.1) is 0 Å². The van der Waals surface area contributed by atoms with Crippen LogP contribution in [-0.4, -0.2) is 72.1 Å². The maximum Gasteiger partial charge on any atom is 0.240 e. The number of hydrogen-bond donors (Lipinski definition) is 1. The average molecular weight is 363 g/mol. The summed E-state index contributed by atoms with van der Waals surface area (Å²) >= 11 is 1.75. The second-order valence-corrected chi connectivity index (χ2v) is 7.26. The lowest BCUT2D eigenvalue weighted by Crippen LogP contribution is -2.54. The Bertz CT molecular complexity index is 594. The van der Waals surface area contributed by atoms with Crippen molar-refractivity contribution in [3.05, 3.63) is 29.8 Å². The Morgan fingerprint density at radius 3 is 2.44 bits per heavy atom.